The number of nitrogens with zero attached hydrogens (tertiary/aromatic N) is 1. The predicted octanol–water partition coefficient (Wildman–Crippen LogP) is -0.135. The molecule has 1 rings (SSSR count). The zero-order chi connectivity index (χ0) is 13.8. The normalized spacial score (nSPS) is 11.0. The number of ketones is 1. The van der Waals surface area contributed by atoms with Crippen LogP contribution in [0.25, 0.3) is 0 Å². The summed E-state index contributed by atoms with van der Waals surface area (Å²) >= 11 is 0. The molecule has 0 radical (unpaired) electrons. The third-order valence-electron chi connectivity index (χ3n) is 1.96. The lowest BCUT2D eigenvalue weighted by Crippen LogP contribution is -2.15. The van der Waals surface area contributed by atoms with Crippen LogP contribution in [0.15, 0.2) is 23.4 Å². The van der Waals surface area contributed by atoms with Crippen molar-refractivity contribution in [2.75, 3.05) is 6.61 Å². The van der Waals surface area contributed by atoms with Gasteiger partial charge in [0.25, 0.3) is 10.0 Å². The molecule has 0 fully saturated rings. The topological polar surface area (TPSA) is 116 Å². The molecule has 0 aliphatic carbocycles. The zero-order valence-corrected chi connectivity index (χ0v) is 10.4. The van der Waals surface area contributed by atoms with Crippen molar-refractivity contribution in [2.24, 2.45) is 5.14 Å². The quantitative estimate of drug-likeness (QED) is 0.453. The number of primary sulfonamides is 1. The van der Waals surface area contributed by atoms with E-state index in [-0.39, 0.29) is 17.2 Å². The van der Waals surface area contributed by atoms with Gasteiger partial charge < -0.3 is 4.74 Å². The van der Waals surface area contributed by atoms with Crippen molar-refractivity contribution < 1.29 is 22.7 Å². The van der Waals surface area contributed by atoms with Gasteiger partial charge in [0, 0.05) is 11.8 Å². The first-order chi connectivity index (χ1) is 8.34. The van der Waals surface area contributed by atoms with Crippen molar-refractivity contribution in [3.8, 4) is 0 Å². The first-order valence-corrected chi connectivity index (χ1v) is 6.57. The van der Waals surface area contributed by atoms with Gasteiger partial charge in [0.2, 0.25) is 0 Å². The van der Waals surface area contributed by atoms with Gasteiger partial charge in [0.1, 0.15) is 6.42 Å². The summed E-state index contributed by atoms with van der Waals surface area (Å²) < 4.78 is 26.5. The second kappa shape index (κ2) is 5.69. The number of nitrogens with two attached hydrogens (primary N) is 1. The van der Waals surface area contributed by atoms with Crippen LogP contribution in [-0.4, -0.2) is 31.8 Å². The Morgan fingerprint density at radius 1 is 1.39 bits per heavy atom. The number of hydrogen-bond donors (Lipinski definition) is 1. The number of carbonyl (C=O) groups excluding carboxylic acids is 2. The van der Waals surface area contributed by atoms with Crippen molar-refractivity contribution in [1.82, 2.24) is 4.98 Å². The van der Waals surface area contributed by atoms with Gasteiger partial charge in [-0.2, -0.15) is 0 Å². The minimum atomic E-state index is -3.89. The maximum atomic E-state index is 11.6. The Balaban J connectivity index is 2.80. The number of aromatic nitrogens is 1. The molecule has 7 nitrogen and oxygen atoms in total. The summed E-state index contributed by atoms with van der Waals surface area (Å²) in [4.78, 5) is 26.2. The van der Waals surface area contributed by atoms with E-state index in [1.165, 1.54) is 6.07 Å². The number of pyridine rings is 1. The molecular formula is C10H12N2O5S. The molecule has 1 heterocycles. The van der Waals surface area contributed by atoms with E-state index in [0.717, 1.165) is 12.3 Å². The summed E-state index contributed by atoms with van der Waals surface area (Å²) in [5.41, 5.74) is 0.121. The molecule has 0 aromatic carbocycles. The molecule has 18 heavy (non-hydrogen) atoms. The van der Waals surface area contributed by atoms with E-state index in [1.54, 1.807) is 6.92 Å². The highest BCUT2D eigenvalue weighted by Gasteiger charge is 2.15. The zero-order valence-electron chi connectivity index (χ0n) is 9.62. The van der Waals surface area contributed by atoms with Crippen LogP contribution in [0.3, 0.4) is 0 Å². The highest BCUT2D eigenvalue weighted by molar-refractivity contribution is 7.89. The van der Waals surface area contributed by atoms with Crippen LogP contribution in [-0.2, 0) is 19.6 Å². The van der Waals surface area contributed by atoms with Crippen LogP contribution in [0.2, 0.25) is 0 Å². The van der Waals surface area contributed by atoms with Gasteiger partial charge in [-0.1, -0.05) is 0 Å². The van der Waals surface area contributed by atoms with Crippen LogP contribution >= 0.6 is 0 Å². The molecule has 0 amide bonds. The van der Waals surface area contributed by atoms with Crippen LogP contribution in [0.4, 0.5) is 0 Å². The summed E-state index contributed by atoms with van der Waals surface area (Å²) in [5, 5.41) is 4.52. The van der Waals surface area contributed by atoms with E-state index >= 15 is 0 Å². The van der Waals surface area contributed by atoms with Gasteiger partial charge in [-0.3, -0.25) is 9.59 Å². The van der Waals surface area contributed by atoms with Crippen molar-refractivity contribution in [1.29, 1.82) is 0 Å². The summed E-state index contributed by atoms with van der Waals surface area (Å²) in [6, 6.07) is 2.35. The number of esters is 1. The van der Waals surface area contributed by atoms with E-state index in [1.807, 2.05) is 0 Å². The molecule has 0 bridgehead atoms. The Kier molecular flexibility index (Phi) is 4.51. The summed E-state index contributed by atoms with van der Waals surface area (Å²) in [7, 11) is -3.89. The van der Waals surface area contributed by atoms with Crippen molar-refractivity contribution in [3.63, 3.8) is 0 Å². The lowest BCUT2D eigenvalue weighted by atomic mass is 10.1. The summed E-state index contributed by atoms with van der Waals surface area (Å²) in [6.45, 7) is 1.82. The van der Waals surface area contributed by atoms with Crippen molar-refractivity contribution >= 4 is 21.8 Å². The second-order valence-corrected chi connectivity index (χ2v) is 4.84. The van der Waals surface area contributed by atoms with Gasteiger partial charge in [0.05, 0.1) is 6.61 Å². The molecule has 0 aliphatic rings. The first kappa shape index (κ1) is 14.3. The van der Waals surface area contributed by atoms with Gasteiger partial charge in [0.15, 0.2) is 10.8 Å². The average molecular weight is 272 g/mol. The molecule has 8 heteroatoms. The molecule has 1 aromatic heterocycles. The number of Topliss-reactive ketones (excluding diaryl/α,β-unsaturated/α-hetero) is 1. The largest absolute Gasteiger partial charge is 0.466 e. The van der Waals surface area contributed by atoms with Crippen LogP contribution in [0.5, 0.6) is 0 Å². The molecule has 0 unspecified atom stereocenters. The number of rotatable bonds is 5. The molecule has 0 atom stereocenters. The molecule has 2 N–H and O–H groups in total. The minimum absolute atomic E-state index is 0.121. The number of ether oxygens (including phenoxy) is 1. The highest BCUT2D eigenvalue weighted by atomic mass is 32.2. The van der Waals surface area contributed by atoms with Gasteiger partial charge in [-0.25, -0.2) is 18.5 Å². The molecule has 1 aromatic rings. The SMILES string of the molecule is CCOC(=O)CC(=O)c1ccc(S(N)(=O)=O)nc1. The van der Waals surface area contributed by atoms with E-state index in [9.17, 15) is 18.0 Å². The third kappa shape index (κ3) is 3.90. The molecular weight excluding hydrogens is 260 g/mol. The first-order valence-electron chi connectivity index (χ1n) is 5.02. The highest BCUT2D eigenvalue weighted by Crippen LogP contribution is 2.07. The third-order valence-corrected chi connectivity index (χ3v) is 2.78. The van der Waals surface area contributed by atoms with Crippen molar-refractivity contribution in [2.45, 2.75) is 18.4 Å². The van der Waals surface area contributed by atoms with E-state index in [4.69, 9.17) is 5.14 Å². The summed E-state index contributed by atoms with van der Waals surface area (Å²) in [6.07, 6.45) is 0.644. The number of sulfonamides is 1. The predicted molar refractivity (Wildman–Crippen MR) is 61.2 cm³/mol. The number of hydrogen-bond acceptors (Lipinski definition) is 6. The monoisotopic (exact) mass is 272 g/mol. The van der Waals surface area contributed by atoms with Crippen molar-refractivity contribution in [3.05, 3.63) is 23.9 Å². The maximum Gasteiger partial charge on any atom is 0.313 e. The molecule has 0 spiro atoms. The van der Waals surface area contributed by atoms with Gasteiger partial charge >= 0.3 is 5.97 Å². The molecule has 0 saturated heterocycles. The Labute approximate surface area is 104 Å². The Hall–Kier alpha value is -1.80. The Morgan fingerprint density at radius 3 is 2.50 bits per heavy atom. The van der Waals surface area contributed by atoms with Gasteiger partial charge in [-0.05, 0) is 19.1 Å². The average Bonchev–Trinajstić information content (AvgIpc) is 2.28. The van der Waals surface area contributed by atoms with E-state index < -0.39 is 28.2 Å². The van der Waals surface area contributed by atoms with E-state index in [2.05, 4.69) is 9.72 Å². The van der Waals surface area contributed by atoms with Gasteiger partial charge in [-0.15, -0.1) is 0 Å². The van der Waals surface area contributed by atoms with Crippen LogP contribution in [0.1, 0.15) is 23.7 Å². The molecule has 0 aliphatic heterocycles. The fourth-order valence-corrected chi connectivity index (χ4v) is 1.62. The number of carbonyl (C=O) groups is 2. The molecule has 0 saturated carbocycles. The fraction of sp³-hybridized carbons (Fsp3) is 0.300. The summed E-state index contributed by atoms with van der Waals surface area (Å²) in [5.74, 6) is -1.14. The standard InChI is InChI=1S/C10H12N2O5S/c1-2-17-10(14)5-8(13)7-3-4-9(12-6-7)18(11,15)16/h3-4,6H,2,5H2,1H3,(H2,11,15,16). The second-order valence-electron chi connectivity index (χ2n) is 3.34. The fourth-order valence-electron chi connectivity index (χ4n) is 1.16. The minimum Gasteiger partial charge on any atom is -0.466 e. The Bertz CT molecular complexity index is 550. The van der Waals surface area contributed by atoms with Crippen LogP contribution in [0, 0.1) is 0 Å². The smallest absolute Gasteiger partial charge is 0.313 e. The van der Waals surface area contributed by atoms with Crippen LogP contribution < -0.4 is 5.14 Å². The Morgan fingerprint density at radius 2 is 2.06 bits per heavy atom. The lowest BCUT2D eigenvalue weighted by Gasteiger charge is -2.02. The maximum absolute atomic E-state index is 11.6. The lowest BCUT2D eigenvalue weighted by molar-refractivity contribution is -0.141. The van der Waals surface area contributed by atoms with E-state index in [0.29, 0.717) is 0 Å². The molecule has 98 valence electrons.